The summed E-state index contributed by atoms with van der Waals surface area (Å²) in [5, 5.41) is 3.50. The monoisotopic (exact) mass is 549 g/mol. The maximum Gasteiger partial charge on any atom is 0.243 e. The fraction of sp³-hybridized carbons (Fsp3) is 0.500. The molecule has 0 saturated carbocycles. The summed E-state index contributed by atoms with van der Waals surface area (Å²) >= 11 is 6.38. The minimum absolute atomic E-state index is 0.0839. The van der Waals surface area contributed by atoms with E-state index in [2.05, 4.69) is 5.32 Å². The fourth-order valence-electron chi connectivity index (χ4n) is 4.28. The number of sulfonamides is 1. The van der Waals surface area contributed by atoms with Gasteiger partial charge in [0.2, 0.25) is 21.8 Å². The van der Waals surface area contributed by atoms with Crippen LogP contribution in [-0.2, 0) is 26.2 Å². The molecule has 0 saturated heterocycles. The van der Waals surface area contributed by atoms with E-state index in [1.165, 1.54) is 10.6 Å². The third kappa shape index (κ3) is 9.34. The summed E-state index contributed by atoms with van der Waals surface area (Å²) < 4.78 is 26.5. The highest BCUT2D eigenvalue weighted by molar-refractivity contribution is 7.92. The van der Waals surface area contributed by atoms with Gasteiger partial charge in [0.15, 0.2) is 0 Å². The highest BCUT2D eigenvalue weighted by atomic mass is 35.5. The summed E-state index contributed by atoms with van der Waals surface area (Å²) in [6, 6.07) is 12.2. The standard InChI is InChI=1S/C28H40ClN3O4S/c1-8-25(27(34)30-28(4,5)6)31(19-22-12-9-10-13-24(22)29)26(33)14-11-15-32(37(7,35)36)23-17-20(2)16-21(3)18-23/h9-10,12-13,16-18,25H,8,11,14-15,19H2,1-7H3,(H,30,34)/t25-/m0/s1. The molecule has 0 aromatic heterocycles. The molecule has 1 atom stereocenters. The summed E-state index contributed by atoms with van der Waals surface area (Å²) in [7, 11) is -3.55. The molecule has 2 rings (SSSR count). The molecule has 0 aliphatic heterocycles. The molecule has 2 aromatic carbocycles. The molecule has 1 N–H and O–H groups in total. The zero-order valence-electron chi connectivity index (χ0n) is 23.0. The van der Waals surface area contributed by atoms with Gasteiger partial charge in [0.25, 0.3) is 0 Å². The van der Waals surface area contributed by atoms with E-state index in [1.807, 2.05) is 77.9 Å². The predicted molar refractivity (Wildman–Crippen MR) is 151 cm³/mol. The lowest BCUT2D eigenvalue weighted by Crippen LogP contribution is -2.53. The lowest BCUT2D eigenvalue weighted by atomic mass is 10.0. The third-order valence-electron chi connectivity index (χ3n) is 5.83. The number of benzene rings is 2. The number of carbonyl (C=O) groups is 2. The molecule has 0 fully saturated rings. The largest absolute Gasteiger partial charge is 0.350 e. The van der Waals surface area contributed by atoms with E-state index in [0.717, 1.165) is 16.7 Å². The zero-order valence-corrected chi connectivity index (χ0v) is 24.5. The van der Waals surface area contributed by atoms with Crippen LogP contribution < -0.4 is 9.62 Å². The van der Waals surface area contributed by atoms with Crippen LogP contribution in [0.1, 0.15) is 63.6 Å². The second kappa shape index (κ2) is 12.8. The van der Waals surface area contributed by atoms with Crippen LogP contribution in [0.15, 0.2) is 42.5 Å². The van der Waals surface area contributed by atoms with E-state index in [9.17, 15) is 18.0 Å². The summed E-state index contributed by atoms with van der Waals surface area (Å²) in [5.41, 5.74) is 2.79. The number of aryl methyl sites for hydroxylation is 2. The Bertz CT molecular complexity index is 1190. The number of anilines is 1. The molecule has 0 aliphatic rings. The van der Waals surface area contributed by atoms with Gasteiger partial charge >= 0.3 is 0 Å². The van der Waals surface area contributed by atoms with E-state index in [1.54, 1.807) is 11.0 Å². The van der Waals surface area contributed by atoms with Gasteiger partial charge in [-0.3, -0.25) is 13.9 Å². The molecule has 7 nitrogen and oxygen atoms in total. The SMILES string of the molecule is CC[C@@H](C(=O)NC(C)(C)C)N(Cc1ccccc1Cl)C(=O)CCCN(c1cc(C)cc(C)c1)S(C)(=O)=O. The normalized spacial score (nSPS) is 12.6. The molecule has 37 heavy (non-hydrogen) atoms. The van der Waals surface area contributed by atoms with Gasteiger partial charge in [-0.05, 0) is 82.3 Å². The Labute approximate surface area is 227 Å². The first kappa shape index (κ1) is 30.6. The van der Waals surface area contributed by atoms with Crippen molar-refractivity contribution in [2.45, 2.75) is 78.9 Å². The quantitative estimate of drug-likeness (QED) is 0.416. The van der Waals surface area contributed by atoms with Gasteiger partial charge in [0.05, 0.1) is 11.9 Å². The van der Waals surface area contributed by atoms with Crippen molar-refractivity contribution >= 4 is 39.1 Å². The molecule has 9 heteroatoms. The molecule has 0 bridgehead atoms. The van der Waals surface area contributed by atoms with Crippen molar-refractivity contribution in [2.75, 3.05) is 17.1 Å². The highest BCUT2D eigenvalue weighted by Gasteiger charge is 2.31. The Morgan fingerprint density at radius 3 is 2.16 bits per heavy atom. The molecular formula is C28H40ClN3O4S. The summed E-state index contributed by atoms with van der Waals surface area (Å²) in [4.78, 5) is 28.2. The fourth-order valence-corrected chi connectivity index (χ4v) is 5.43. The van der Waals surface area contributed by atoms with Crippen molar-refractivity contribution in [2.24, 2.45) is 0 Å². The molecule has 0 radical (unpaired) electrons. The topological polar surface area (TPSA) is 86.8 Å². The van der Waals surface area contributed by atoms with Crippen LogP contribution in [0.4, 0.5) is 5.69 Å². The van der Waals surface area contributed by atoms with Crippen LogP contribution in [-0.4, -0.2) is 49.5 Å². The van der Waals surface area contributed by atoms with Crippen LogP contribution in [0.25, 0.3) is 0 Å². The molecule has 0 aliphatic carbocycles. The van der Waals surface area contributed by atoms with E-state index < -0.39 is 21.6 Å². The summed E-state index contributed by atoms with van der Waals surface area (Å²) in [5.74, 6) is -0.465. The van der Waals surface area contributed by atoms with Crippen LogP contribution in [0.5, 0.6) is 0 Å². The van der Waals surface area contributed by atoms with Gasteiger partial charge in [0.1, 0.15) is 6.04 Å². The van der Waals surface area contributed by atoms with Gasteiger partial charge in [-0.25, -0.2) is 8.42 Å². The smallest absolute Gasteiger partial charge is 0.243 e. The molecule has 204 valence electrons. The lowest BCUT2D eigenvalue weighted by molar-refractivity contribution is -0.142. The number of carbonyl (C=O) groups excluding carboxylic acids is 2. The Morgan fingerprint density at radius 2 is 1.65 bits per heavy atom. The van der Waals surface area contributed by atoms with Gasteiger partial charge in [0, 0.05) is 30.1 Å². The van der Waals surface area contributed by atoms with Crippen molar-refractivity contribution in [1.82, 2.24) is 10.2 Å². The number of halogens is 1. The highest BCUT2D eigenvalue weighted by Crippen LogP contribution is 2.24. The number of amides is 2. The van der Waals surface area contributed by atoms with E-state index in [4.69, 9.17) is 11.6 Å². The first-order valence-corrected chi connectivity index (χ1v) is 14.8. The second-order valence-corrected chi connectivity index (χ2v) is 12.9. The van der Waals surface area contributed by atoms with Crippen molar-refractivity contribution in [3.63, 3.8) is 0 Å². The molecule has 0 spiro atoms. The Hall–Kier alpha value is -2.58. The molecule has 2 amide bonds. The predicted octanol–water partition coefficient (Wildman–Crippen LogP) is 5.23. The van der Waals surface area contributed by atoms with E-state index >= 15 is 0 Å². The van der Waals surface area contributed by atoms with Crippen molar-refractivity contribution in [3.05, 3.63) is 64.2 Å². The van der Waals surface area contributed by atoms with Crippen molar-refractivity contribution in [3.8, 4) is 0 Å². The van der Waals surface area contributed by atoms with Gasteiger partial charge in [-0.15, -0.1) is 0 Å². The molecular weight excluding hydrogens is 510 g/mol. The minimum atomic E-state index is -3.55. The molecule has 0 unspecified atom stereocenters. The number of hydrogen-bond donors (Lipinski definition) is 1. The lowest BCUT2D eigenvalue weighted by Gasteiger charge is -2.33. The maximum absolute atomic E-state index is 13.5. The zero-order chi connectivity index (χ0) is 28.0. The maximum atomic E-state index is 13.5. The summed E-state index contributed by atoms with van der Waals surface area (Å²) in [6.07, 6.45) is 1.98. The van der Waals surface area contributed by atoms with Crippen LogP contribution in [0, 0.1) is 13.8 Å². The van der Waals surface area contributed by atoms with Gasteiger partial charge in [-0.1, -0.05) is 42.8 Å². The van der Waals surface area contributed by atoms with Crippen LogP contribution in [0.3, 0.4) is 0 Å². The van der Waals surface area contributed by atoms with Crippen LogP contribution >= 0.6 is 11.6 Å². The van der Waals surface area contributed by atoms with E-state index in [0.29, 0.717) is 23.6 Å². The number of hydrogen-bond acceptors (Lipinski definition) is 4. The first-order valence-electron chi connectivity index (χ1n) is 12.5. The average molecular weight is 550 g/mol. The molecule has 0 heterocycles. The van der Waals surface area contributed by atoms with Crippen molar-refractivity contribution in [1.29, 1.82) is 0 Å². The third-order valence-corrected chi connectivity index (χ3v) is 7.39. The first-order chi connectivity index (χ1) is 17.1. The van der Waals surface area contributed by atoms with Gasteiger partial charge < -0.3 is 10.2 Å². The molecule has 2 aromatic rings. The Balaban J connectivity index is 2.28. The number of nitrogens with zero attached hydrogens (tertiary/aromatic N) is 2. The average Bonchev–Trinajstić information content (AvgIpc) is 2.74. The van der Waals surface area contributed by atoms with Crippen LogP contribution in [0.2, 0.25) is 5.02 Å². The number of rotatable bonds is 11. The second-order valence-electron chi connectivity index (χ2n) is 10.6. The minimum Gasteiger partial charge on any atom is -0.350 e. The number of nitrogens with one attached hydrogen (secondary N) is 1. The van der Waals surface area contributed by atoms with E-state index in [-0.39, 0.29) is 31.3 Å². The summed E-state index contributed by atoms with van der Waals surface area (Å²) in [6.45, 7) is 11.7. The van der Waals surface area contributed by atoms with Crippen molar-refractivity contribution < 1.29 is 18.0 Å². The Kier molecular flexibility index (Phi) is 10.6. The van der Waals surface area contributed by atoms with Gasteiger partial charge in [-0.2, -0.15) is 0 Å². The Morgan fingerprint density at radius 1 is 1.05 bits per heavy atom.